The van der Waals surface area contributed by atoms with Gasteiger partial charge in [0.15, 0.2) is 0 Å². The van der Waals surface area contributed by atoms with Gasteiger partial charge in [0.2, 0.25) is 0 Å². The number of nitrogens with one attached hydrogen (secondary N) is 1. The first-order valence-electron chi connectivity index (χ1n) is 9.88. The monoisotopic (exact) mass is 494 g/mol. The molecule has 3 rings (SSSR count). The van der Waals surface area contributed by atoms with Crippen molar-refractivity contribution in [3.8, 4) is 0 Å². The van der Waals surface area contributed by atoms with Crippen molar-refractivity contribution in [2.75, 3.05) is 13.1 Å². The quantitative estimate of drug-likeness (QED) is 0.517. The maximum absolute atomic E-state index is 13.6. The first-order valence-corrected chi connectivity index (χ1v) is 10.4. The molecule has 3 N–H and O–H groups in total. The lowest BCUT2D eigenvalue weighted by Crippen LogP contribution is -2.74. The van der Waals surface area contributed by atoms with Gasteiger partial charge in [-0.2, -0.15) is 12.6 Å². The minimum atomic E-state index is -0.621. The maximum atomic E-state index is 13.6. The summed E-state index contributed by atoms with van der Waals surface area (Å²) in [4.78, 5) is 20.0. The highest BCUT2D eigenvalue weighted by atomic mass is 35.5. The highest BCUT2D eigenvalue weighted by Gasteiger charge is 2.46. The second-order valence-electron chi connectivity index (χ2n) is 7.37. The maximum Gasteiger partial charge on any atom is 0.256 e. The topological polar surface area (TPSA) is 71.2 Å². The van der Waals surface area contributed by atoms with E-state index in [1.54, 1.807) is 6.20 Å². The fourth-order valence-electron chi connectivity index (χ4n) is 4.07. The molecule has 0 spiro atoms. The number of benzene rings is 1. The van der Waals surface area contributed by atoms with Crippen LogP contribution in [0.15, 0.2) is 36.5 Å². The van der Waals surface area contributed by atoms with Crippen LogP contribution < -0.4 is 11.1 Å². The van der Waals surface area contributed by atoms with Gasteiger partial charge in [-0.25, -0.2) is 0 Å². The van der Waals surface area contributed by atoms with Crippen molar-refractivity contribution < 1.29 is 4.79 Å². The number of para-hydroxylation sites is 1. The molecule has 5 nitrogen and oxygen atoms in total. The molecule has 1 fully saturated rings. The number of carbonyl (C=O) groups is 1. The Kier molecular flexibility index (Phi) is 12.6. The summed E-state index contributed by atoms with van der Waals surface area (Å²) in [5, 5.41) is 4.46. The van der Waals surface area contributed by atoms with Gasteiger partial charge >= 0.3 is 0 Å². The molecule has 2 aromatic rings. The predicted molar refractivity (Wildman–Crippen MR) is 136 cm³/mol. The molecule has 3 atom stereocenters. The number of piperazine rings is 1. The Morgan fingerprint density at radius 2 is 2.00 bits per heavy atom. The number of nitrogens with zero attached hydrogens (tertiary/aromatic N) is 2. The molecule has 9 heteroatoms. The number of halogens is 3. The number of carbonyl (C=O) groups excluding carboxylic acids is 1. The van der Waals surface area contributed by atoms with Gasteiger partial charge in [0, 0.05) is 29.9 Å². The number of amides is 1. The zero-order valence-corrected chi connectivity index (χ0v) is 20.8. The van der Waals surface area contributed by atoms with Crippen LogP contribution in [0, 0.1) is 0 Å². The van der Waals surface area contributed by atoms with Crippen LogP contribution in [0.2, 0.25) is 0 Å². The Morgan fingerprint density at radius 3 is 2.67 bits per heavy atom. The summed E-state index contributed by atoms with van der Waals surface area (Å²) in [6.07, 6.45) is 5.48. The van der Waals surface area contributed by atoms with Gasteiger partial charge in [0.05, 0.1) is 22.8 Å². The fraction of sp³-hybridized carbons (Fsp3) is 0.524. The predicted octanol–water partition coefficient (Wildman–Crippen LogP) is 4.47. The van der Waals surface area contributed by atoms with Crippen LogP contribution in [0.1, 0.15) is 49.9 Å². The summed E-state index contributed by atoms with van der Waals surface area (Å²) in [5.41, 5.74) is 7.57. The van der Waals surface area contributed by atoms with E-state index in [0.29, 0.717) is 18.7 Å². The molecule has 3 unspecified atom stereocenters. The lowest BCUT2D eigenvalue weighted by atomic mass is 9.87. The number of aromatic nitrogens is 1. The van der Waals surface area contributed by atoms with Crippen LogP contribution in [-0.2, 0) is 0 Å². The number of pyridine rings is 1. The third-order valence-corrected chi connectivity index (χ3v) is 6.17. The molecule has 1 aromatic heterocycles. The minimum Gasteiger partial charge on any atom is -0.330 e. The Morgan fingerprint density at radius 1 is 1.30 bits per heavy atom. The summed E-state index contributed by atoms with van der Waals surface area (Å²) < 4.78 is 0. The third kappa shape index (κ3) is 5.93. The second-order valence-corrected chi connectivity index (χ2v) is 8.03. The van der Waals surface area contributed by atoms with Crippen LogP contribution >= 0.6 is 49.8 Å². The molecule has 1 aliphatic heterocycles. The molecule has 0 saturated carbocycles. The lowest BCUT2D eigenvalue weighted by molar-refractivity contribution is 0.0336. The smallest absolute Gasteiger partial charge is 0.256 e. The number of rotatable bonds is 6. The molecule has 2 heterocycles. The van der Waals surface area contributed by atoms with E-state index in [0.717, 1.165) is 36.6 Å². The number of unbranched alkanes of at least 4 members (excludes halogenated alkanes) is 1. The van der Waals surface area contributed by atoms with E-state index in [4.69, 9.17) is 18.4 Å². The summed E-state index contributed by atoms with van der Waals surface area (Å²) in [5.74, 6) is -0.00961. The van der Waals surface area contributed by atoms with E-state index in [-0.39, 0.29) is 54.4 Å². The van der Waals surface area contributed by atoms with E-state index in [1.165, 1.54) is 0 Å². The van der Waals surface area contributed by atoms with E-state index in [2.05, 4.69) is 24.1 Å². The number of nitrogens with two attached hydrogens (primary N) is 1. The lowest BCUT2D eigenvalue weighted by Gasteiger charge is -2.51. The molecular formula is C21H33Cl3N4OS. The zero-order valence-electron chi connectivity index (χ0n) is 17.4. The molecule has 30 heavy (non-hydrogen) atoms. The Balaban J connectivity index is 0.00000280. The van der Waals surface area contributed by atoms with Crippen molar-refractivity contribution in [2.45, 2.75) is 56.5 Å². The first-order chi connectivity index (χ1) is 13.0. The van der Waals surface area contributed by atoms with Crippen molar-refractivity contribution in [3.63, 3.8) is 0 Å². The van der Waals surface area contributed by atoms with Crippen molar-refractivity contribution >= 4 is 66.7 Å². The van der Waals surface area contributed by atoms with E-state index >= 15 is 0 Å². The molecule has 0 aliphatic carbocycles. The van der Waals surface area contributed by atoms with Gasteiger partial charge < -0.3 is 10.6 Å². The largest absolute Gasteiger partial charge is 0.330 e. The van der Waals surface area contributed by atoms with Crippen molar-refractivity contribution in [2.24, 2.45) is 5.73 Å². The van der Waals surface area contributed by atoms with Gasteiger partial charge in [-0.05, 0) is 25.0 Å². The Bertz CT molecular complexity index is 807. The van der Waals surface area contributed by atoms with Crippen molar-refractivity contribution in [3.05, 3.63) is 42.1 Å². The standard InChI is InChI=1S/C21H30N4OS.3ClH/c1-3-5-11-21(22)19(17(27)4-2)25(14-13-24-21)20(26)16-10-6-8-15-9-7-12-23-18(15)16;;;/h6-10,12,17,19,24,27H,3-5,11,13-14,22H2,1-2H3;3*1H. The molecule has 1 aliphatic rings. The van der Waals surface area contributed by atoms with Gasteiger partial charge in [0.1, 0.15) is 0 Å². The van der Waals surface area contributed by atoms with Crippen molar-refractivity contribution in [1.82, 2.24) is 15.2 Å². The van der Waals surface area contributed by atoms with Gasteiger partial charge in [-0.3, -0.25) is 15.1 Å². The number of hydrogen-bond acceptors (Lipinski definition) is 5. The van der Waals surface area contributed by atoms with E-state index in [1.807, 2.05) is 35.2 Å². The molecule has 0 radical (unpaired) electrons. The average Bonchev–Trinajstić information content (AvgIpc) is 2.70. The molecule has 1 saturated heterocycles. The zero-order chi connectivity index (χ0) is 19.4. The Hall–Kier alpha value is -0.760. The molecule has 0 bridgehead atoms. The average molecular weight is 496 g/mol. The molecule has 1 amide bonds. The third-order valence-electron chi connectivity index (χ3n) is 5.52. The molecule has 1 aromatic carbocycles. The second kappa shape index (κ2) is 12.9. The highest BCUT2D eigenvalue weighted by Crippen LogP contribution is 2.30. The molecular weight excluding hydrogens is 463 g/mol. The Labute approximate surface area is 203 Å². The highest BCUT2D eigenvalue weighted by molar-refractivity contribution is 7.81. The van der Waals surface area contributed by atoms with Crippen molar-refractivity contribution in [1.29, 1.82) is 0 Å². The van der Waals surface area contributed by atoms with Crippen LogP contribution in [0.4, 0.5) is 0 Å². The van der Waals surface area contributed by atoms with Gasteiger partial charge in [0.25, 0.3) is 5.91 Å². The summed E-state index contributed by atoms with van der Waals surface area (Å²) in [7, 11) is 0. The summed E-state index contributed by atoms with van der Waals surface area (Å²) >= 11 is 4.82. The number of thiol groups is 1. The van der Waals surface area contributed by atoms with Crippen LogP contribution in [-0.4, -0.2) is 45.8 Å². The minimum absolute atomic E-state index is 0. The van der Waals surface area contributed by atoms with E-state index < -0.39 is 5.66 Å². The van der Waals surface area contributed by atoms with Gasteiger partial charge in [-0.15, -0.1) is 37.2 Å². The van der Waals surface area contributed by atoms with E-state index in [9.17, 15) is 4.79 Å². The number of fused-ring (bicyclic) bond motifs is 1. The normalized spacial score (nSPS) is 21.7. The first kappa shape index (κ1) is 29.2. The van der Waals surface area contributed by atoms with Crippen LogP contribution in [0.5, 0.6) is 0 Å². The van der Waals surface area contributed by atoms with Gasteiger partial charge in [-0.1, -0.05) is 44.9 Å². The van der Waals surface area contributed by atoms with Crippen LogP contribution in [0.3, 0.4) is 0 Å². The summed E-state index contributed by atoms with van der Waals surface area (Å²) in [6, 6.07) is 9.46. The van der Waals surface area contributed by atoms with Crippen LogP contribution in [0.25, 0.3) is 10.9 Å². The SMILES string of the molecule is CCCCC1(N)NCCN(C(=O)c2cccc3cccnc23)C1C(S)CC.Cl.Cl.Cl. The fourth-order valence-corrected chi connectivity index (χ4v) is 4.50. The summed E-state index contributed by atoms with van der Waals surface area (Å²) in [6.45, 7) is 5.55. The molecule has 170 valence electrons. The number of hydrogen-bond donors (Lipinski definition) is 3.